The van der Waals surface area contributed by atoms with Gasteiger partial charge in [0.05, 0.1) is 6.20 Å². The monoisotopic (exact) mass is 332 g/mol. The summed E-state index contributed by atoms with van der Waals surface area (Å²) in [6.45, 7) is 5.88. The number of likely N-dealkylation sites (tertiary alicyclic amines) is 1. The second-order valence-electron chi connectivity index (χ2n) is 7.53. The van der Waals surface area contributed by atoms with Crippen molar-refractivity contribution < 1.29 is 4.79 Å². The summed E-state index contributed by atoms with van der Waals surface area (Å²) in [4.78, 5) is 15.0. The fraction of sp³-hybridized carbons (Fsp3) is 0.789. The Morgan fingerprint density at radius 3 is 2.62 bits per heavy atom. The smallest absolute Gasteiger partial charge is 0.223 e. The van der Waals surface area contributed by atoms with E-state index in [0.29, 0.717) is 0 Å². The van der Waals surface area contributed by atoms with Crippen LogP contribution in [0.3, 0.4) is 0 Å². The highest BCUT2D eigenvalue weighted by atomic mass is 16.1. The van der Waals surface area contributed by atoms with Crippen LogP contribution in [0.1, 0.15) is 56.9 Å². The molecule has 0 spiro atoms. The summed E-state index contributed by atoms with van der Waals surface area (Å²) < 4.78 is 1.95. The number of hydrogen-bond donors (Lipinski definition) is 1. The van der Waals surface area contributed by atoms with E-state index < -0.39 is 0 Å². The van der Waals surface area contributed by atoms with Crippen LogP contribution in [0.4, 0.5) is 0 Å². The summed E-state index contributed by atoms with van der Waals surface area (Å²) in [7, 11) is 0. The van der Waals surface area contributed by atoms with E-state index >= 15 is 0 Å². The predicted molar refractivity (Wildman–Crippen MR) is 95.8 cm³/mol. The predicted octanol–water partition coefficient (Wildman–Crippen LogP) is 2.74. The highest BCUT2D eigenvalue weighted by molar-refractivity contribution is 5.78. The number of aryl methyl sites for hydroxylation is 2. The molecule has 24 heavy (non-hydrogen) atoms. The van der Waals surface area contributed by atoms with E-state index in [2.05, 4.69) is 15.3 Å². The van der Waals surface area contributed by atoms with Crippen LogP contribution in [0.2, 0.25) is 0 Å². The zero-order valence-corrected chi connectivity index (χ0v) is 15.0. The van der Waals surface area contributed by atoms with Crippen LogP contribution in [0.5, 0.6) is 0 Å². The number of piperidine rings is 1. The Morgan fingerprint density at radius 2 is 1.96 bits per heavy atom. The van der Waals surface area contributed by atoms with Crippen molar-refractivity contribution >= 4 is 5.91 Å². The number of aromatic nitrogens is 2. The molecule has 1 saturated heterocycles. The van der Waals surface area contributed by atoms with Gasteiger partial charge in [0, 0.05) is 31.2 Å². The Bertz CT molecular complexity index is 513. The Labute approximate surface area is 145 Å². The first-order valence-corrected chi connectivity index (χ1v) is 9.73. The molecular weight excluding hydrogens is 300 g/mol. The fourth-order valence-electron chi connectivity index (χ4n) is 4.16. The van der Waals surface area contributed by atoms with Gasteiger partial charge >= 0.3 is 0 Å². The maximum atomic E-state index is 12.3. The van der Waals surface area contributed by atoms with Crippen molar-refractivity contribution in [3.05, 3.63) is 18.0 Å². The van der Waals surface area contributed by atoms with Gasteiger partial charge in [0.2, 0.25) is 5.91 Å². The van der Waals surface area contributed by atoms with E-state index in [1.165, 1.54) is 37.7 Å². The summed E-state index contributed by atoms with van der Waals surface area (Å²) in [5.74, 6) is 0.478. The minimum absolute atomic E-state index is 0.219. The number of hydrogen-bond acceptors (Lipinski definition) is 3. The SMILES string of the molecule is Cc1cnn(CCCNC(=O)C2CCN(C3CCCCC3)CC2)c1. The van der Waals surface area contributed by atoms with Crippen molar-refractivity contribution in [2.75, 3.05) is 19.6 Å². The van der Waals surface area contributed by atoms with Gasteiger partial charge in [-0.3, -0.25) is 9.48 Å². The third-order valence-electron chi connectivity index (χ3n) is 5.62. The molecule has 134 valence electrons. The van der Waals surface area contributed by atoms with Crippen LogP contribution >= 0.6 is 0 Å². The number of rotatable bonds is 6. The molecule has 0 bridgehead atoms. The highest BCUT2D eigenvalue weighted by Crippen LogP contribution is 2.27. The van der Waals surface area contributed by atoms with Crippen LogP contribution in [0.15, 0.2) is 12.4 Å². The van der Waals surface area contributed by atoms with E-state index in [9.17, 15) is 4.79 Å². The summed E-state index contributed by atoms with van der Waals surface area (Å²) in [6.07, 6.45) is 13.8. The summed E-state index contributed by atoms with van der Waals surface area (Å²) in [5, 5.41) is 7.40. The molecule has 1 aromatic heterocycles. The van der Waals surface area contributed by atoms with Crippen LogP contribution in [0, 0.1) is 12.8 Å². The Hall–Kier alpha value is -1.36. The molecule has 1 aliphatic carbocycles. The van der Waals surface area contributed by atoms with Crippen LogP contribution < -0.4 is 5.32 Å². The minimum Gasteiger partial charge on any atom is -0.356 e. The molecule has 0 radical (unpaired) electrons. The Morgan fingerprint density at radius 1 is 1.21 bits per heavy atom. The molecule has 1 amide bonds. The van der Waals surface area contributed by atoms with Crippen molar-refractivity contribution in [2.24, 2.45) is 5.92 Å². The lowest BCUT2D eigenvalue weighted by Crippen LogP contribution is -2.45. The van der Waals surface area contributed by atoms with Gasteiger partial charge < -0.3 is 10.2 Å². The van der Waals surface area contributed by atoms with Gasteiger partial charge in [-0.05, 0) is 57.7 Å². The Balaban J connectivity index is 1.31. The lowest BCUT2D eigenvalue weighted by molar-refractivity contribution is -0.126. The zero-order chi connectivity index (χ0) is 16.8. The molecule has 3 rings (SSSR count). The Kier molecular flexibility index (Phi) is 6.30. The molecule has 5 nitrogen and oxygen atoms in total. The van der Waals surface area contributed by atoms with E-state index in [4.69, 9.17) is 0 Å². The van der Waals surface area contributed by atoms with Crippen molar-refractivity contribution in [3.8, 4) is 0 Å². The second-order valence-corrected chi connectivity index (χ2v) is 7.53. The van der Waals surface area contributed by atoms with Crippen LogP contribution in [-0.2, 0) is 11.3 Å². The molecule has 5 heteroatoms. The maximum absolute atomic E-state index is 12.3. The fourth-order valence-corrected chi connectivity index (χ4v) is 4.16. The lowest BCUT2D eigenvalue weighted by Gasteiger charge is -2.38. The molecule has 2 heterocycles. The molecule has 0 unspecified atom stereocenters. The van der Waals surface area contributed by atoms with Crippen LogP contribution in [-0.4, -0.2) is 46.3 Å². The van der Waals surface area contributed by atoms with E-state index in [1.54, 1.807) is 0 Å². The first-order valence-electron chi connectivity index (χ1n) is 9.73. The molecule has 1 saturated carbocycles. The molecule has 0 atom stereocenters. The highest BCUT2D eigenvalue weighted by Gasteiger charge is 2.29. The standard InChI is InChI=1S/C19H32N4O/c1-16-14-21-23(15-16)11-5-10-20-19(24)17-8-12-22(13-9-17)18-6-3-2-4-7-18/h14-15,17-18H,2-13H2,1H3,(H,20,24). The van der Waals surface area contributed by atoms with Gasteiger partial charge in [0.1, 0.15) is 0 Å². The molecule has 0 aromatic carbocycles. The topological polar surface area (TPSA) is 50.2 Å². The van der Waals surface area contributed by atoms with Crippen molar-refractivity contribution in [1.82, 2.24) is 20.0 Å². The molecular formula is C19H32N4O. The quantitative estimate of drug-likeness (QED) is 0.815. The summed E-state index contributed by atoms with van der Waals surface area (Å²) >= 11 is 0. The summed E-state index contributed by atoms with van der Waals surface area (Å²) in [5.41, 5.74) is 1.18. The normalized spacial score (nSPS) is 21.0. The first-order chi connectivity index (χ1) is 11.7. The number of carbonyl (C=O) groups is 1. The first kappa shape index (κ1) is 17.5. The maximum Gasteiger partial charge on any atom is 0.223 e. The van der Waals surface area contributed by atoms with Gasteiger partial charge in [0.25, 0.3) is 0 Å². The molecule has 1 aliphatic heterocycles. The average Bonchev–Trinajstić information content (AvgIpc) is 3.05. The molecule has 2 fully saturated rings. The molecule has 2 aliphatic rings. The van der Waals surface area contributed by atoms with Gasteiger partial charge in [-0.25, -0.2) is 0 Å². The van der Waals surface area contributed by atoms with Crippen LogP contribution in [0.25, 0.3) is 0 Å². The van der Waals surface area contributed by atoms with Crippen molar-refractivity contribution in [1.29, 1.82) is 0 Å². The van der Waals surface area contributed by atoms with Gasteiger partial charge in [-0.15, -0.1) is 0 Å². The van der Waals surface area contributed by atoms with Crippen molar-refractivity contribution in [3.63, 3.8) is 0 Å². The number of nitrogens with one attached hydrogen (secondary N) is 1. The van der Waals surface area contributed by atoms with E-state index in [-0.39, 0.29) is 11.8 Å². The number of carbonyl (C=O) groups excluding carboxylic acids is 1. The average molecular weight is 332 g/mol. The third-order valence-corrected chi connectivity index (χ3v) is 5.62. The number of nitrogens with zero attached hydrogens (tertiary/aromatic N) is 3. The van der Waals surface area contributed by atoms with Gasteiger partial charge in [-0.1, -0.05) is 19.3 Å². The second kappa shape index (κ2) is 8.65. The van der Waals surface area contributed by atoms with E-state index in [1.807, 2.05) is 24.0 Å². The molecule has 1 aromatic rings. The van der Waals surface area contributed by atoms with E-state index in [0.717, 1.165) is 51.5 Å². The largest absolute Gasteiger partial charge is 0.356 e. The zero-order valence-electron chi connectivity index (χ0n) is 15.0. The number of amides is 1. The van der Waals surface area contributed by atoms with Crippen molar-refractivity contribution in [2.45, 2.75) is 70.9 Å². The summed E-state index contributed by atoms with van der Waals surface area (Å²) in [6, 6.07) is 0.792. The van der Waals surface area contributed by atoms with Gasteiger partial charge in [-0.2, -0.15) is 5.10 Å². The third kappa shape index (κ3) is 4.82. The lowest BCUT2D eigenvalue weighted by atomic mass is 9.90. The van der Waals surface area contributed by atoms with Gasteiger partial charge in [0.15, 0.2) is 0 Å². The molecule has 1 N–H and O–H groups in total. The minimum atomic E-state index is 0.219.